The normalized spacial score (nSPS) is 13.7. The SMILES string of the molecule is CCC(C)N(CCOC)S(=O)(=O)c1cc(Br)c(C)cc1Br. The number of rotatable bonds is 7. The second-order valence-electron chi connectivity index (χ2n) is 4.90. The predicted octanol–water partition coefficient (Wildman–Crippen LogP) is 3.96. The molecule has 0 aliphatic carbocycles. The van der Waals surface area contributed by atoms with Crippen molar-refractivity contribution in [2.45, 2.75) is 38.1 Å². The summed E-state index contributed by atoms with van der Waals surface area (Å²) in [4.78, 5) is 0.274. The first-order chi connectivity index (χ1) is 9.75. The molecule has 4 nitrogen and oxygen atoms in total. The van der Waals surface area contributed by atoms with E-state index in [4.69, 9.17) is 4.74 Å². The summed E-state index contributed by atoms with van der Waals surface area (Å²) < 4.78 is 33.8. The lowest BCUT2D eigenvalue weighted by atomic mass is 10.2. The van der Waals surface area contributed by atoms with Crippen molar-refractivity contribution < 1.29 is 13.2 Å². The molecule has 21 heavy (non-hydrogen) atoms. The van der Waals surface area contributed by atoms with Gasteiger partial charge in [0.1, 0.15) is 0 Å². The van der Waals surface area contributed by atoms with Crippen LogP contribution in [0.25, 0.3) is 0 Å². The van der Waals surface area contributed by atoms with Gasteiger partial charge in [-0.1, -0.05) is 22.9 Å². The van der Waals surface area contributed by atoms with Crippen LogP contribution in [-0.4, -0.2) is 39.0 Å². The molecule has 120 valence electrons. The van der Waals surface area contributed by atoms with Gasteiger partial charge in [-0.2, -0.15) is 4.31 Å². The highest BCUT2D eigenvalue weighted by molar-refractivity contribution is 9.11. The van der Waals surface area contributed by atoms with E-state index in [1.807, 2.05) is 26.8 Å². The van der Waals surface area contributed by atoms with Gasteiger partial charge in [0.2, 0.25) is 10.0 Å². The van der Waals surface area contributed by atoms with E-state index in [0.29, 0.717) is 17.6 Å². The summed E-state index contributed by atoms with van der Waals surface area (Å²) in [5.41, 5.74) is 0.979. The summed E-state index contributed by atoms with van der Waals surface area (Å²) in [7, 11) is -2.01. The average molecular weight is 443 g/mol. The van der Waals surface area contributed by atoms with Gasteiger partial charge in [-0.3, -0.25) is 0 Å². The zero-order valence-corrected chi connectivity index (χ0v) is 16.7. The molecule has 0 spiro atoms. The molecule has 0 bridgehead atoms. The molecule has 0 N–H and O–H groups in total. The molecular formula is C14H21Br2NO3S. The Labute approximate surface area is 144 Å². The molecule has 0 amide bonds. The summed E-state index contributed by atoms with van der Waals surface area (Å²) in [5, 5.41) is 0. The first-order valence-electron chi connectivity index (χ1n) is 6.72. The zero-order valence-electron chi connectivity index (χ0n) is 12.7. The molecule has 0 aliphatic heterocycles. The largest absolute Gasteiger partial charge is 0.383 e. The fourth-order valence-electron chi connectivity index (χ4n) is 1.91. The molecule has 1 aromatic rings. The van der Waals surface area contributed by atoms with E-state index < -0.39 is 10.0 Å². The van der Waals surface area contributed by atoms with Crippen molar-refractivity contribution >= 4 is 41.9 Å². The number of ether oxygens (including phenoxy) is 1. The van der Waals surface area contributed by atoms with Crippen LogP contribution in [0.2, 0.25) is 0 Å². The van der Waals surface area contributed by atoms with Crippen molar-refractivity contribution in [2.75, 3.05) is 20.3 Å². The summed E-state index contributed by atoms with van der Waals surface area (Å²) in [5.74, 6) is 0. The minimum Gasteiger partial charge on any atom is -0.383 e. The maximum Gasteiger partial charge on any atom is 0.244 e. The number of halogens is 2. The molecule has 1 unspecified atom stereocenters. The maximum atomic E-state index is 12.9. The van der Waals surface area contributed by atoms with Crippen LogP contribution in [0, 0.1) is 6.92 Å². The highest BCUT2D eigenvalue weighted by Gasteiger charge is 2.30. The van der Waals surface area contributed by atoms with Crippen LogP contribution >= 0.6 is 31.9 Å². The Bertz CT molecular complexity index is 590. The van der Waals surface area contributed by atoms with Crippen LogP contribution in [0.4, 0.5) is 0 Å². The quantitative estimate of drug-likeness (QED) is 0.642. The average Bonchev–Trinajstić information content (AvgIpc) is 2.42. The van der Waals surface area contributed by atoms with Gasteiger partial charge in [0.25, 0.3) is 0 Å². The fourth-order valence-corrected chi connectivity index (χ4v) is 5.24. The van der Waals surface area contributed by atoms with Crippen LogP contribution in [0.5, 0.6) is 0 Å². The molecule has 1 atom stereocenters. The Morgan fingerprint density at radius 1 is 1.29 bits per heavy atom. The standard InChI is InChI=1S/C14H21Br2NO3S/c1-5-11(3)17(6-7-20-4)21(18,19)14-9-12(15)10(2)8-13(14)16/h8-9,11H,5-7H2,1-4H3. The van der Waals surface area contributed by atoms with E-state index >= 15 is 0 Å². The minimum absolute atomic E-state index is 0.0860. The fraction of sp³-hybridized carbons (Fsp3) is 0.571. The van der Waals surface area contributed by atoms with Gasteiger partial charge in [-0.05, 0) is 53.9 Å². The predicted molar refractivity (Wildman–Crippen MR) is 92.1 cm³/mol. The third kappa shape index (κ3) is 4.51. The Balaban J connectivity index is 3.31. The van der Waals surface area contributed by atoms with Gasteiger partial charge in [-0.25, -0.2) is 8.42 Å². The lowest BCUT2D eigenvalue weighted by Gasteiger charge is -2.28. The van der Waals surface area contributed by atoms with E-state index in [1.165, 1.54) is 4.31 Å². The maximum absolute atomic E-state index is 12.9. The number of methoxy groups -OCH3 is 1. The van der Waals surface area contributed by atoms with Gasteiger partial charge < -0.3 is 4.74 Å². The Morgan fingerprint density at radius 3 is 2.43 bits per heavy atom. The highest BCUT2D eigenvalue weighted by Crippen LogP contribution is 2.31. The van der Waals surface area contributed by atoms with Crippen molar-refractivity contribution in [3.8, 4) is 0 Å². The van der Waals surface area contributed by atoms with Crippen LogP contribution in [-0.2, 0) is 14.8 Å². The topological polar surface area (TPSA) is 46.6 Å². The number of aryl methyl sites for hydroxylation is 1. The summed E-state index contributed by atoms with van der Waals surface area (Å²) >= 11 is 6.77. The van der Waals surface area contributed by atoms with Crippen molar-refractivity contribution in [1.82, 2.24) is 4.31 Å². The molecule has 0 saturated carbocycles. The Kier molecular flexibility index (Phi) is 7.33. The second kappa shape index (κ2) is 8.06. The van der Waals surface area contributed by atoms with Crippen molar-refractivity contribution in [3.05, 3.63) is 26.6 Å². The highest BCUT2D eigenvalue weighted by atomic mass is 79.9. The lowest BCUT2D eigenvalue weighted by molar-refractivity contribution is 0.167. The Morgan fingerprint density at radius 2 is 1.90 bits per heavy atom. The van der Waals surface area contributed by atoms with Gasteiger partial charge >= 0.3 is 0 Å². The lowest BCUT2D eigenvalue weighted by Crippen LogP contribution is -2.40. The molecule has 0 aromatic heterocycles. The molecule has 1 rings (SSSR count). The molecular weight excluding hydrogens is 422 g/mol. The zero-order chi connectivity index (χ0) is 16.2. The number of sulfonamides is 1. The van der Waals surface area contributed by atoms with Gasteiger partial charge in [0.05, 0.1) is 11.5 Å². The third-order valence-electron chi connectivity index (χ3n) is 3.40. The van der Waals surface area contributed by atoms with Crippen LogP contribution in [0.1, 0.15) is 25.8 Å². The van der Waals surface area contributed by atoms with Crippen LogP contribution in [0.3, 0.4) is 0 Å². The first kappa shape index (κ1) is 19.1. The number of nitrogens with zero attached hydrogens (tertiary/aromatic N) is 1. The third-order valence-corrected chi connectivity index (χ3v) is 7.22. The van der Waals surface area contributed by atoms with Crippen molar-refractivity contribution in [2.24, 2.45) is 0 Å². The van der Waals surface area contributed by atoms with Gasteiger partial charge in [-0.15, -0.1) is 0 Å². The molecule has 0 heterocycles. The Hall–Kier alpha value is 0.0500. The molecule has 1 aromatic carbocycles. The van der Waals surface area contributed by atoms with E-state index in [0.717, 1.165) is 16.5 Å². The molecule has 0 saturated heterocycles. The second-order valence-corrected chi connectivity index (χ2v) is 8.47. The minimum atomic E-state index is -3.58. The van der Waals surface area contributed by atoms with E-state index in [2.05, 4.69) is 31.9 Å². The summed E-state index contributed by atoms with van der Waals surface area (Å²) in [6, 6.07) is 3.37. The number of hydrogen-bond acceptors (Lipinski definition) is 3. The number of hydrogen-bond donors (Lipinski definition) is 0. The molecule has 7 heteroatoms. The summed E-state index contributed by atoms with van der Waals surface area (Å²) in [6.07, 6.45) is 0.744. The van der Waals surface area contributed by atoms with Crippen molar-refractivity contribution in [3.63, 3.8) is 0 Å². The van der Waals surface area contributed by atoms with Gasteiger partial charge in [0, 0.05) is 28.6 Å². The number of benzene rings is 1. The van der Waals surface area contributed by atoms with E-state index in [9.17, 15) is 8.42 Å². The van der Waals surface area contributed by atoms with E-state index in [-0.39, 0.29) is 10.9 Å². The van der Waals surface area contributed by atoms with Crippen LogP contribution < -0.4 is 0 Å². The molecule has 0 radical (unpaired) electrons. The van der Waals surface area contributed by atoms with Crippen molar-refractivity contribution in [1.29, 1.82) is 0 Å². The molecule has 0 aliphatic rings. The van der Waals surface area contributed by atoms with Crippen LogP contribution in [0.15, 0.2) is 26.0 Å². The van der Waals surface area contributed by atoms with Gasteiger partial charge in [0.15, 0.2) is 0 Å². The molecule has 0 fully saturated rings. The smallest absolute Gasteiger partial charge is 0.244 e. The first-order valence-corrected chi connectivity index (χ1v) is 9.74. The summed E-state index contributed by atoms with van der Waals surface area (Å²) in [6.45, 7) is 6.51. The monoisotopic (exact) mass is 441 g/mol. The van der Waals surface area contributed by atoms with E-state index in [1.54, 1.807) is 13.2 Å².